The first kappa shape index (κ1) is 14.5. The van der Waals surface area contributed by atoms with Crippen LogP contribution in [0.15, 0.2) is 24.3 Å². The lowest BCUT2D eigenvalue weighted by Crippen LogP contribution is -2.24. The number of benzene rings is 1. The van der Waals surface area contributed by atoms with Crippen LogP contribution in [0.5, 0.6) is 0 Å². The van der Waals surface area contributed by atoms with E-state index in [1.807, 2.05) is 0 Å². The molecule has 2 nitrogen and oxygen atoms in total. The number of ether oxygens (including phenoxy) is 1. The Morgan fingerprint density at radius 2 is 1.83 bits per heavy atom. The minimum absolute atomic E-state index is 0.0807. The van der Waals surface area contributed by atoms with Crippen molar-refractivity contribution in [1.82, 2.24) is 0 Å². The van der Waals surface area contributed by atoms with E-state index in [1.54, 1.807) is 26.0 Å². The third-order valence-corrected chi connectivity index (χ3v) is 2.55. The second-order valence-corrected chi connectivity index (χ2v) is 4.01. The highest BCUT2D eigenvalue weighted by atomic mass is 19.4. The average molecular weight is 260 g/mol. The van der Waals surface area contributed by atoms with Crippen LogP contribution in [0.3, 0.4) is 0 Å². The zero-order valence-corrected chi connectivity index (χ0v) is 10.3. The molecule has 0 spiro atoms. The van der Waals surface area contributed by atoms with E-state index in [0.29, 0.717) is 0 Å². The van der Waals surface area contributed by atoms with Crippen LogP contribution in [0.2, 0.25) is 0 Å². The molecule has 0 aromatic heterocycles. The molecule has 0 aliphatic carbocycles. The van der Waals surface area contributed by atoms with E-state index in [9.17, 15) is 18.0 Å². The summed E-state index contributed by atoms with van der Waals surface area (Å²) in [7, 11) is 0. The highest BCUT2D eigenvalue weighted by Gasteiger charge is 2.42. The van der Waals surface area contributed by atoms with E-state index in [-0.39, 0.29) is 12.2 Å². The number of aryl methyl sites for hydroxylation is 1. The third kappa shape index (κ3) is 4.05. The Balaban J connectivity index is 2.92. The van der Waals surface area contributed by atoms with Crippen LogP contribution in [-0.4, -0.2) is 18.8 Å². The molecule has 0 radical (unpaired) electrons. The fraction of sp³-hybridized carbons (Fsp3) is 0.462. The minimum Gasteiger partial charge on any atom is -0.466 e. The predicted octanol–water partition coefficient (Wildman–Crippen LogP) is 3.59. The van der Waals surface area contributed by atoms with Crippen LogP contribution in [0.25, 0.3) is 0 Å². The molecule has 1 aromatic carbocycles. The number of carbonyl (C=O) groups is 1. The predicted molar refractivity (Wildman–Crippen MR) is 61.2 cm³/mol. The van der Waals surface area contributed by atoms with E-state index in [0.717, 1.165) is 5.56 Å². The third-order valence-electron chi connectivity index (χ3n) is 2.55. The van der Waals surface area contributed by atoms with Gasteiger partial charge in [0, 0.05) is 0 Å². The first-order valence-corrected chi connectivity index (χ1v) is 5.63. The Morgan fingerprint density at radius 3 is 2.28 bits per heavy atom. The number of alkyl halides is 3. The molecule has 0 bridgehead atoms. The van der Waals surface area contributed by atoms with E-state index < -0.39 is 24.5 Å². The van der Waals surface area contributed by atoms with Gasteiger partial charge in [-0.25, -0.2) is 0 Å². The molecule has 0 aliphatic heterocycles. The van der Waals surface area contributed by atoms with Crippen LogP contribution in [0.1, 0.15) is 30.4 Å². The molecule has 1 rings (SSSR count). The molecule has 0 saturated carbocycles. The van der Waals surface area contributed by atoms with Gasteiger partial charge in [-0.1, -0.05) is 29.8 Å². The smallest absolute Gasteiger partial charge is 0.396 e. The van der Waals surface area contributed by atoms with Crippen LogP contribution >= 0.6 is 0 Å². The van der Waals surface area contributed by atoms with Crippen molar-refractivity contribution in [3.05, 3.63) is 35.4 Å². The van der Waals surface area contributed by atoms with E-state index in [4.69, 9.17) is 0 Å². The van der Waals surface area contributed by atoms with Gasteiger partial charge >= 0.3 is 12.1 Å². The normalized spacial score (nSPS) is 13.2. The van der Waals surface area contributed by atoms with Crippen LogP contribution < -0.4 is 0 Å². The Morgan fingerprint density at radius 1 is 1.28 bits per heavy atom. The fourth-order valence-electron chi connectivity index (χ4n) is 1.61. The first-order chi connectivity index (χ1) is 8.34. The van der Waals surface area contributed by atoms with Gasteiger partial charge in [-0.3, -0.25) is 4.79 Å². The van der Waals surface area contributed by atoms with Gasteiger partial charge < -0.3 is 4.74 Å². The summed E-state index contributed by atoms with van der Waals surface area (Å²) in [4.78, 5) is 11.2. The van der Waals surface area contributed by atoms with Crippen molar-refractivity contribution in [3.8, 4) is 0 Å². The van der Waals surface area contributed by atoms with Gasteiger partial charge in [-0.05, 0) is 19.4 Å². The van der Waals surface area contributed by atoms with E-state index in [1.165, 1.54) is 12.1 Å². The fourth-order valence-corrected chi connectivity index (χ4v) is 1.61. The standard InChI is InChI=1S/C13H15F3O2/c1-3-18-12(17)8-11(13(14,15)16)10-6-4-9(2)5-7-10/h4-7,11H,3,8H2,1-2H3. The van der Waals surface area contributed by atoms with E-state index >= 15 is 0 Å². The van der Waals surface area contributed by atoms with Crippen molar-refractivity contribution in [1.29, 1.82) is 0 Å². The van der Waals surface area contributed by atoms with Crippen molar-refractivity contribution in [2.45, 2.75) is 32.4 Å². The number of halogens is 3. The number of hydrogen-bond donors (Lipinski definition) is 0. The maximum Gasteiger partial charge on any atom is 0.396 e. The quantitative estimate of drug-likeness (QED) is 0.773. The van der Waals surface area contributed by atoms with Gasteiger partial charge in [0.25, 0.3) is 0 Å². The molecule has 0 heterocycles. The molecule has 0 aliphatic rings. The molecule has 0 fully saturated rings. The monoisotopic (exact) mass is 260 g/mol. The highest BCUT2D eigenvalue weighted by Crippen LogP contribution is 2.37. The highest BCUT2D eigenvalue weighted by molar-refractivity contribution is 5.70. The van der Waals surface area contributed by atoms with Gasteiger partial charge in [-0.15, -0.1) is 0 Å². The lowest BCUT2D eigenvalue weighted by atomic mass is 9.94. The Hall–Kier alpha value is -1.52. The van der Waals surface area contributed by atoms with Gasteiger partial charge in [-0.2, -0.15) is 13.2 Å². The molecule has 0 amide bonds. The molecule has 18 heavy (non-hydrogen) atoms. The first-order valence-electron chi connectivity index (χ1n) is 5.63. The Kier molecular flexibility index (Phi) is 4.76. The van der Waals surface area contributed by atoms with Crippen LogP contribution in [0, 0.1) is 6.92 Å². The summed E-state index contributed by atoms with van der Waals surface area (Å²) in [5, 5.41) is 0. The minimum atomic E-state index is -4.46. The van der Waals surface area contributed by atoms with Crippen molar-refractivity contribution in [2.24, 2.45) is 0 Å². The van der Waals surface area contributed by atoms with E-state index in [2.05, 4.69) is 4.74 Å². The van der Waals surface area contributed by atoms with Gasteiger partial charge in [0.1, 0.15) is 0 Å². The summed E-state index contributed by atoms with van der Waals surface area (Å²) in [6.45, 7) is 3.43. The Bertz CT molecular complexity index is 396. The molecule has 0 N–H and O–H groups in total. The molecular weight excluding hydrogens is 245 g/mol. The van der Waals surface area contributed by atoms with Gasteiger partial charge in [0.05, 0.1) is 18.9 Å². The largest absolute Gasteiger partial charge is 0.466 e. The second-order valence-electron chi connectivity index (χ2n) is 4.01. The molecule has 100 valence electrons. The summed E-state index contributed by atoms with van der Waals surface area (Å²) in [5.41, 5.74) is 0.956. The van der Waals surface area contributed by atoms with Crippen molar-refractivity contribution in [3.63, 3.8) is 0 Å². The molecule has 0 saturated heterocycles. The zero-order valence-electron chi connectivity index (χ0n) is 10.3. The van der Waals surface area contributed by atoms with Crippen molar-refractivity contribution < 1.29 is 22.7 Å². The maximum absolute atomic E-state index is 12.9. The molecule has 1 aromatic rings. The average Bonchev–Trinajstić information content (AvgIpc) is 2.26. The van der Waals surface area contributed by atoms with Crippen molar-refractivity contribution in [2.75, 3.05) is 6.61 Å². The summed E-state index contributed by atoms with van der Waals surface area (Å²) in [6, 6.07) is 5.98. The van der Waals surface area contributed by atoms with Crippen molar-refractivity contribution >= 4 is 5.97 Å². The summed E-state index contributed by atoms with van der Waals surface area (Å²) >= 11 is 0. The second kappa shape index (κ2) is 5.89. The van der Waals surface area contributed by atoms with Crippen LogP contribution in [-0.2, 0) is 9.53 Å². The molecular formula is C13H15F3O2. The number of hydrogen-bond acceptors (Lipinski definition) is 2. The lowest BCUT2D eigenvalue weighted by Gasteiger charge is -2.20. The number of esters is 1. The SMILES string of the molecule is CCOC(=O)CC(c1ccc(C)cc1)C(F)(F)F. The van der Waals surface area contributed by atoms with Gasteiger partial charge in [0.2, 0.25) is 0 Å². The van der Waals surface area contributed by atoms with Gasteiger partial charge in [0.15, 0.2) is 0 Å². The Labute approximate surface area is 104 Å². The number of rotatable bonds is 4. The topological polar surface area (TPSA) is 26.3 Å². The summed E-state index contributed by atoms with van der Waals surface area (Å²) < 4.78 is 43.3. The lowest BCUT2D eigenvalue weighted by molar-refractivity contribution is -0.166. The summed E-state index contributed by atoms with van der Waals surface area (Å²) in [5.74, 6) is -2.64. The summed E-state index contributed by atoms with van der Waals surface area (Å²) in [6.07, 6.45) is -5.14. The maximum atomic E-state index is 12.9. The number of carbonyl (C=O) groups excluding carboxylic acids is 1. The molecule has 1 atom stereocenters. The molecule has 5 heteroatoms. The van der Waals surface area contributed by atoms with Crippen LogP contribution in [0.4, 0.5) is 13.2 Å². The molecule has 1 unspecified atom stereocenters. The zero-order chi connectivity index (χ0) is 13.8.